The Morgan fingerprint density at radius 2 is 1.81 bits per heavy atom. The Bertz CT molecular complexity index is 946. The summed E-state index contributed by atoms with van der Waals surface area (Å²) < 4.78 is 2.07. The van der Waals surface area contributed by atoms with Crippen molar-refractivity contribution in [1.82, 2.24) is 19.6 Å². The molecule has 5 rings (SSSR count). The van der Waals surface area contributed by atoms with Crippen molar-refractivity contribution in [2.24, 2.45) is 0 Å². The number of hydrogen-bond donors (Lipinski definition) is 1. The number of anilines is 1. The summed E-state index contributed by atoms with van der Waals surface area (Å²) in [5.41, 5.74) is 4.36. The van der Waals surface area contributed by atoms with E-state index >= 15 is 0 Å². The molecule has 172 valence electrons. The number of aromatic nitrogens is 2. The Labute approximate surface area is 194 Å². The van der Waals surface area contributed by atoms with Gasteiger partial charge in [-0.1, -0.05) is 0 Å². The molecule has 7 nitrogen and oxygen atoms in total. The quantitative estimate of drug-likeness (QED) is 0.764. The molecule has 1 aromatic heterocycles. The normalized spacial score (nSPS) is 22.1. The van der Waals surface area contributed by atoms with E-state index in [0.29, 0.717) is 17.5 Å². The van der Waals surface area contributed by atoms with Crippen LogP contribution in [-0.4, -0.2) is 87.4 Å². The molecule has 2 fully saturated rings. The monoisotopic (exact) mass is 455 g/mol. The summed E-state index contributed by atoms with van der Waals surface area (Å²) in [4.78, 5) is 20.3. The van der Waals surface area contributed by atoms with Crippen LogP contribution in [0.3, 0.4) is 0 Å². The van der Waals surface area contributed by atoms with Crippen molar-refractivity contribution in [1.29, 1.82) is 0 Å². The van der Waals surface area contributed by atoms with E-state index in [2.05, 4.69) is 21.4 Å². The number of benzene rings is 1. The molecular formula is C24H33N5O2S. The van der Waals surface area contributed by atoms with E-state index in [0.717, 1.165) is 76.6 Å². The van der Waals surface area contributed by atoms with Crippen molar-refractivity contribution in [3.63, 3.8) is 0 Å². The molecule has 0 radical (unpaired) electrons. The molecule has 8 heteroatoms. The summed E-state index contributed by atoms with van der Waals surface area (Å²) >= 11 is 1.93. The van der Waals surface area contributed by atoms with Gasteiger partial charge in [-0.25, -0.2) is 0 Å². The van der Waals surface area contributed by atoms with Gasteiger partial charge in [0.05, 0.1) is 0 Å². The van der Waals surface area contributed by atoms with Gasteiger partial charge in [-0.15, -0.1) is 0 Å². The summed E-state index contributed by atoms with van der Waals surface area (Å²) in [6.07, 6.45) is 3.06. The van der Waals surface area contributed by atoms with Crippen LogP contribution in [0.15, 0.2) is 24.3 Å². The number of piperazine rings is 1. The molecule has 2 aromatic rings. The van der Waals surface area contributed by atoms with E-state index in [1.165, 1.54) is 16.9 Å². The lowest BCUT2D eigenvalue weighted by Crippen LogP contribution is -2.52. The van der Waals surface area contributed by atoms with Crippen molar-refractivity contribution >= 4 is 23.4 Å². The first-order valence-corrected chi connectivity index (χ1v) is 13.0. The van der Waals surface area contributed by atoms with Crippen LogP contribution in [-0.2, 0) is 19.4 Å². The van der Waals surface area contributed by atoms with E-state index in [9.17, 15) is 9.90 Å². The third kappa shape index (κ3) is 4.22. The number of rotatable bonds is 4. The Morgan fingerprint density at radius 1 is 1.09 bits per heavy atom. The highest BCUT2D eigenvalue weighted by atomic mass is 32.2. The minimum atomic E-state index is 0.131. The van der Waals surface area contributed by atoms with Crippen LogP contribution in [0.1, 0.15) is 35.1 Å². The first-order valence-electron chi connectivity index (χ1n) is 11.9. The third-order valence-electron chi connectivity index (χ3n) is 7.17. The summed E-state index contributed by atoms with van der Waals surface area (Å²) in [5.74, 6) is 2.49. The topological polar surface area (TPSA) is 64.8 Å². The maximum absolute atomic E-state index is 13.3. The van der Waals surface area contributed by atoms with E-state index < -0.39 is 0 Å². The predicted octanol–water partition coefficient (Wildman–Crippen LogP) is 2.48. The zero-order chi connectivity index (χ0) is 22.1. The summed E-state index contributed by atoms with van der Waals surface area (Å²) in [6.45, 7) is 8.62. The average molecular weight is 456 g/mol. The van der Waals surface area contributed by atoms with Gasteiger partial charge in [0, 0.05) is 80.3 Å². The number of phenols is 1. The molecule has 3 heterocycles. The Morgan fingerprint density at radius 3 is 2.50 bits per heavy atom. The Balaban J connectivity index is 1.28. The predicted molar refractivity (Wildman–Crippen MR) is 129 cm³/mol. The number of aryl methyl sites for hydroxylation is 1. The highest BCUT2D eigenvalue weighted by Crippen LogP contribution is 2.30. The van der Waals surface area contributed by atoms with Crippen LogP contribution in [0.25, 0.3) is 0 Å². The smallest absolute Gasteiger partial charge is 0.274 e. The largest absolute Gasteiger partial charge is 0.508 e. The molecule has 0 saturated carbocycles. The number of thioether (sulfide) groups is 1. The fourth-order valence-electron chi connectivity index (χ4n) is 5.34. The first-order chi connectivity index (χ1) is 15.6. The van der Waals surface area contributed by atoms with Gasteiger partial charge in [0.2, 0.25) is 0 Å². The van der Waals surface area contributed by atoms with Crippen LogP contribution >= 0.6 is 11.8 Å². The number of amides is 1. The molecule has 1 aromatic carbocycles. The van der Waals surface area contributed by atoms with Crippen LogP contribution in [0.5, 0.6) is 5.75 Å². The van der Waals surface area contributed by atoms with Crippen molar-refractivity contribution in [2.75, 3.05) is 55.7 Å². The van der Waals surface area contributed by atoms with E-state index in [-0.39, 0.29) is 5.91 Å². The zero-order valence-electron chi connectivity index (χ0n) is 18.9. The lowest BCUT2D eigenvalue weighted by Gasteiger charge is -2.41. The maximum Gasteiger partial charge on any atom is 0.274 e. The lowest BCUT2D eigenvalue weighted by atomic mass is 9.89. The minimum Gasteiger partial charge on any atom is -0.508 e. The van der Waals surface area contributed by atoms with Gasteiger partial charge in [0.15, 0.2) is 5.69 Å². The van der Waals surface area contributed by atoms with Gasteiger partial charge in [0.1, 0.15) is 5.75 Å². The number of hydrogen-bond acceptors (Lipinski definition) is 6. The van der Waals surface area contributed by atoms with Crippen LogP contribution in [0.4, 0.5) is 5.69 Å². The zero-order valence-corrected chi connectivity index (χ0v) is 19.7. The third-order valence-corrected chi connectivity index (χ3v) is 8.11. The SMILES string of the molecule is CCn1nc(C(=O)N2CCSCC2)c2c1CCC(N1CCN(c3ccc(O)cc3)CC1)C2. The number of carbonyl (C=O) groups is 1. The molecule has 0 bridgehead atoms. The molecular weight excluding hydrogens is 422 g/mol. The van der Waals surface area contributed by atoms with E-state index in [1.54, 1.807) is 12.1 Å². The fraction of sp³-hybridized carbons (Fsp3) is 0.583. The molecule has 1 unspecified atom stereocenters. The van der Waals surface area contributed by atoms with Gasteiger partial charge >= 0.3 is 0 Å². The standard InChI is InChI=1S/C24H33N5O2S/c1-2-29-22-8-5-19(17-21(22)23(25-29)24(31)28-13-15-32-16-14-28)27-11-9-26(10-12-27)18-3-6-20(30)7-4-18/h3-4,6-7,19,30H,2,5,8-17H2,1H3. The molecule has 32 heavy (non-hydrogen) atoms. The average Bonchev–Trinajstić information content (AvgIpc) is 3.23. The number of nitrogens with zero attached hydrogens (tertiary/aromatic N) is 5. The number of aromatic hydroxyl groups is 1. The van der Waals surface area contributed by atoms with E-state index in [4.69, 9.17) is 5.10 Å². The first kappa shape index (κ1) is 21.6. The molecule has 3 aliphatic rings. The van der Waals surface area contributed by atoms with Crippen molar-refractivity contribution in [3.05, 3.63) is 41.2 Å². The molecule has 1 aliphatic carbocycles. The van der Waals surface area contributed by atoms with Gasteiger partial charge in [-0.05, 0) is 50.5 Å². The van der Waals surface area contributed by atoms with E-state index in [1.807, 2.05) is 28.8 Å². The number of fused-ring (bicyclic) bond motifs is 1. The second kappa shape index (κ2) is 9.35. The fourth-order valence-corrected chi connectivity index (χ4v) is 6.24. The molecule has 2 aliphatic heterocycles. The van der Waals surface area contributed by atoms with Gasteiger partial charge < -0.3 is 14.9 Å². The summed E-state index contributed by atoms with van der Waals surface area (Å²) in [6, 6.07) is 7.98. The summed E-state index contributed by atoms with van der Waals surface area (Å²) in [7, 11) is 0. The maximum atomic E-state index is 13.3. The molecule has 1 atom stereocenters. The summed E-state index contributed by atoms with van der Waals surface area (Å²) in [5, 5.41) is 14.3. The molecule has 1 amide bonds. The second-order valence-corrected chi connectivity index (χ2v) is 10.2. The van der Waals surface area contributed by atoms with Crippen LogP contribution < -0.4 is 4.90 Å². The van der Waals surface area contributed by atoms with Crippen molar-refractivity contribution < 1.29 is 9.90 Å². The van der Waals surface area contributed by atoms with Gasteiger partial charge in [0.25, 0.3) is 5.91 Å². The van der Waals surface area contributed by atoms with Crippen LogP contribution in [0, 0.1) is 0 Å². The van der Waals surface area contributed by atoms with Gasteiger partial charge in [-0.2, -0.15) is 16.9 Å². The minimum absolute atomic E-state index is 0.131. The highest BCUT2D eigenvalue weighted by molar-refractivity contribution is 7.99. The Hall–Kier alpha value is -2.19. The second-order valence-electron chi connectivity index (χ2n) is 8.93. The number of carbonyl (C=O) groups excluding carboxylic acids is 1. The van der Waals surface area contributed by atoms with Crippen molar-refractivity contribution in [3.8, 4) is 5.75 Å². The lowest BCUT2D eigenvalue weighted by molar-refractivity contribution is 0.0763. The number of phenolic OH excluding ortho intramolecular Hbond substituents is 1. The Kier molecular flexibility index (Phi) is 6.33. The molecule has 1 N–H and O–H groups in total. The van der Waals surface area contributed by atoms with Crippen molar-refractivity contribution in [2.45, 2.75) is 38.8 Å². The molecule has 0 spiro atoms. The highest BCUT2D eigenvalue weighted by Gasteiger charge is 2.34. The van der Waals surface area contributed by atoms with Gasteiger partial charge in [-0.3, -0.25) is 14.4 Å². The molecule has 2 saturated heterocycles. The van der Waals surface area contributed by atoms with Crippen LogP contribution in [0.2, 0.25) is 0 Å².